The van der Waals surface area contributed by atoms with Crippen LogP contribution >= 0.6 is 11.6 Å². The Balaban J connectivity index is 1.91. The van der Waals surface area contributed by atoms with Crippen LogP contribution in [-0.4, -0.2) is 34.9 Å². The summed E-state index contributed by atoms with van der Waals surface area (Å²) in [7, 11) is 0. The van der Waals surface area contributed by atoms with Crippen molar-refractivity contribution in [1.29, 1.82) is 0 Å². The number of hydrogen-bond acceptors (Lipinski definition) is 3. The number of ether oxygens (including phenoxy) is 1. The molecule has 0 aliphatic carbocycles. The second kappa shape index (κ2) is 7.91. The number of aromatic amines is 1. The summed E-state index contributed by atoms with van der Waals surface area (Å²) < 4.78 is 30.8. The lowest BCUT2D eigenvalue weighted by molar-refractivity contribution is 0.0226. The van der Waals surface area contributed by atoms with E-state index in [-0.39, 0.29) is 34.3 Å². The van der Waals surface area contributed by atoms with Crippen molar-refractivity contribution in [3.8, 4) is 5.75 Å². The van der Waals surface area contributed by atoms with Crippen molar-refractivity contribution in [3.05, 3.63) is 61.5 Å². The number of halogens is 3. The zero-order valence-corrected chi connectivity index (χ0v) is 16.6. The van der Waals surface area contributed by atoms with Gasteiger partial charge in [-0.05, 0) is 50.5 Å². The SMILES string of the molecule is Cc1cc(C)c(CN2CCc3ccc(OC(C)C(F)F)c(Cl)c3C2=O)c(=O)[nH]1. The van der Waals surface area contributed by atoms with Gasteiger partial charge in [0, 0.05) is 17.8 Å². The van der Waals surface area contributed by atoms with E-state index >= 15 is 0 Å². The second-order valence-electron chi connectivity index (χ2n) is 6.99. The molecular formula is C20H21ClF2N2O3. The van der Waals surface area contributed by atoms with Gasteiger partial charge in [0.25, 0.3) is 17.9 Å². The molecule has 1 N–H and O–H groups in total. The smallest absolute Gasteiger partial charge is 0.274 e. The number of carbonyl (C=O) groups is 1. The third-order valence-electron chi connectivity index (χ3n) is 4.86. The van der Waals surface area contributed by atoms with E-state index in [0.717, 1.165) is 16.8 Å². The molecule has 0 bridgehead atoms. The molecule has 0 saturated carbocycles. The number of amides is 1. The van der Waals surface area contributed by atoms with Crippen molar-refractivity contribution >= 4 is 17.5 Å². The summed E-state index contributed by atoms with van der Waals surface area (Å²) in [4.78, 5) is 29.6. The summed E-state index contributed by atoms with van der Waals surface area (Å²) in [5.74, 6) is -0.298. The van der Waals surface area contributed by atoms with E-state index in [9.17, 15) is 18.4 Å². The molecule has 28 heavy (non-hydrogen) atoms. The highest BCUT2D eigenvalue weighted by atomic mass is 35.5. The number of hydrogen-bond donors (Lipinski definition) is 1. The molecule has 5 nitrogen and oxygen atoms in total. The van der Waals surface area contributed by atoms with Gasteiger partial charge in [-0.25, -0.2) is 8.78 Å². The normalized spacial score (nSPS) is 15.0. The fourth-order valence-electron chi connectivity index (χ4n) is 3.31. The highest BCUT2D eigenvalue weighted by Gasteiger charge is 2.30. The minimum Gasteiger partial charge on any atom is -0.483 e. The lowest BCUT2D eigenvalue weighted by Gasteiger charge is -2.30. The number of alkyl halides is 2. The topological polar surface area (TPSA) is 62.4 Å². The van der Waals surface area contributed by atoms with Crippen LogP contribution in [0.15, 0.2) is 23.0 Å². The lowest BCUT2D eigenvalue weighted by atomic mass is 9.97. The zero-order valence-electron chi connectivity index (χ0n) is 15.8. The molecule has 1 aromatic heterocycles. The molecule has 3 rings (SSSR count). The van der Waals surface area contributed by atoms with E-state index < -0.39 is 12.5 Å². The fourth-order valence-corrected chi connectivity index (χ4v) is 3.62. The number of benzene rings is 1. The maximum Gasteiger partial charge on any atom is 0.274 e. The standard InChI is InChI=1S/C20H21ClF2N2O3/c1-10-8-11(2)24-19(26)14(10)9-25-7-6-13-4-5-15(28-12(3)18(22)23)17(21)16(13)20(25)27/h4-5,8,12,18H,6-7,9H2,1-3H3,(H,24,26). The van der Waals surface area contributed by atoms with Crippen LogP contribution in [0.5, 0.6) is 5.75 Å². The maximum absolute atomic E-state index is 13.0. The van der Waals surface area contributed by atoms with Gasteiger partial charge in [0.15, 0.2) is 6.10 Å². The Morgan fingerprint density at radius 3 is 2.64 bits per heavy atom. The second-order valence-corrected chi connectivity index (χ2v) is 7.37. The first-order chi connectivity index (χ1) is 13.2. The van der Waals surface area contributed by atoms with E-state index in [2.05, 4.69) is 4.98 Å². The van der Waals surface area contributed by atoms with Crippen LogP contribution in [0.2, 0.25) is 5.02 Å². The number of H-pyrrole nitrogens is 1. The van der Waals surface area contributed by atoms with Gasteiger partial charge in [-0.15, -0.1) is 0 Å². The third kappa shape index (κ3) is 3.90. The minimum absolute atomic E-state index is 0.0224. The molecule has 0 saturated heterocycles. The molecule has 1 unspecified atom stereocenters. The van der Waals surface area contributed by atoms with E-state index in [1.165, 1.54) is 13.0 Å². The summed E-state index contributed by atoms with van der Waals surface area (Å²) in [6.45, 7) is 5.44. The Hall–Kier alpha value is -2.41. The van der Waals surface area contributed by atoms with Crippen LogP contribution in [0, 0.1) is 13.8 Å². The number of aromatic nitrogens is 1. The largest absolute Gasteiger partial charge is 0.483 e. The molecule has 0 spiro atoms. The van der Waals surface area contributed by atoms with Crippen LogP contribution in [0.1, 0.15) is 39.7 Å². The van der Waals surface area contributed by atoms with Crippen LogP contribution in [0.25, 0.3) is 0 Å². The van der Waals surface area contributed by atoms with E-state index in [1.807, 2.05) is 13.0 Å². The molecule has 1 atom stereocenters. The zero-order chi connectivity index (χ0) is 20.6. The van der Waals surface area contributed by atoms with E-state index in [0.29, 0.717) is 18.5 Å². The number of fused-ring (bicyclic) bond motifs is 1. The van der Waals surface area contributed by atoms with Crippen molar-refractivity contribution in [2.24, 2.45) is 0 Å². The summed E-state index contributed by atoms with van der Waals surface area (Å²) in [6, 6.07) is 5.04. The van der Waals surface area contributed by atoms with Gasteiger partial charge in [-0.2, -0.15) is 0 Å². The Bertz CT molecular complexity index is 975. The first-order valence-electron chi connectivity index (χ1n) is 8.94. The summed E-state index contributed by atoms with van der Waals surface area (Å²) in [5.41, 5.74) is 2.81. The third-order valence-corrected chi connectivity index (χ3v) is 5.23. The van der Waals surface area contributed by atoms with Crippen LogP contribution in [0.4, 0.5) is 8.78 Å². The Labute approximate surface area is 166 Å². The van der Waals surface area contributed by atoms with Crippen LogP contribution in [-0.2, 0) is 13.0 Å². The van der Waals surface area contributed by atoms with E-state index in [4.69, 9.17) is 16.3 Å². The summed E-state index contributed by atoms with van der Waals surface area (Å²) in [5, 5.41) is 0.0224. The average molecular weight is 411 g/mol. The van der Waals surface area contributed by atoms with Crippen molar-refractivity contribution in [1.82, 2.24) is 9.88 Å². The van der Waals surface area contributed by atoms with Crippen molar-refractivity contribution in [3.63, 3.8) is 0 Å². The molecular weight excluding hydrogens is 390 g/mol. The number of carbonyl (C=O) groups excluding carboxylic acids is 1. The monoisotopic (exact) mass is 410 g/mol. The highest BCUT2D eigenvalue weighted by molar-refractivity contribution is 6.35. The number of nitrogens with one attached hydrogen (secondary N) is 1. The number of aryl methyl sites for hydroxylation is 2. The molecule has 0 radical (unpaired) electrons. The maximum atomic E-state index is 13.0. The molecule has 1 amide bonds. The Morgan fingerprint density at radius 1 is 1.29 bits per heavy atom. The van der Waals surface area contributed by atoms with Gasteiger partial charge in [-0.3, -0.25) is 9.59 Å². The molecule has 0 fully saturated rings. The summed E-state index contributed by atoms with van der Waals surface area (Å²) in [6.07, 6.45) is -3.47. The molecule has 8 heteroatoms. The highest BCUT2D eigenvalue weighted by Crippen LogP contribution is 2.35. The summed E-state index contributed by atoms with van der Waals surface area (Å²) >= 11 is 6.34. The predicted molar refractivity (Wildman–Crippen MR) is 103 cm³/mol. The quantitative estimate of drug-likeness (QED) is 0.813. The van der Waals surface area contributed by atoms with Gasteiger partial charge in [0.2, 0.25) is 0 Å². The molecule has 1 aromatic carbocycles. The molecule has 2 heterocycles. The van der Waals surface area contributed by atoms with Gasteiger partial charge in [0.05, 0.1) is 17.1 Å². The van der Waals surface area contributed by atoms with Crippen molar-refractivity contribution < 1.29 is 18.3 Å². The lowest BCUT2D eigenvalue weighted by Crippen LogP contribution is -2.39. The van der Waals surface area contributed by atoms with Gasteiger partial charge >= 0.3 is 0 Å². The number of rotatable bonds is 5. The molecule has 2 aromatic rings. The van der Waals surface area contributed by atoms with Gasteiger partial charge < -0.3 is 14.6 Å². The first kappa shape index (κ1) is 20.3. The van der Waals surface area contributed by atoms with Crippen LogP contribution < -0.4 is 10.3 Å². The minimum atomic E-state index is -2.67. The Kier molecular flexibility index (Phi) is 5.74. The van der Waals surface area contributed by atoms with E-state index in [1.54, 1.807) is 17.9 Å². The van der Waals surface area contributed by atoms with Gasteiger partial charge in [0.1, 0.15) is 5.75 Å². The fraction of sp³-hybridized carbons (Fsp3) is 0.400. The van der Waals surface area contributed by atoms with Crippen LogP contribution in [0.3, 0.4) is 0 Å². The molecule has 1 aliphatic heterocycles. The Morgan fingerprint density at radius 2 is 2.00 bits per heavy atom. The molecule has 1 aliphatic rings. The van der Waals surface area contributed by atoms with Crippen molar-refractivity contribution in [2.45, 2.75) is 46.3 Å². The number of pyridine rings is 1. The molecule has 150 valence electrons. The van der Waals surface area contributed by atoms with Crippen molar-refractivity contribution in [2.75, 3.05) is 6.54 Å². The number of nitrogens with zero attached hydrogens (tertiary/aromatic N) is 1. The predicted octanol–water partition coefficient (Wildman–Crippen LogP) is 3.88. The average Bonchev–Trinajstić information content (AvgIpc) is 2.61. The van der Waals surface area contributed by atoms with Gasteiger partial charge in [-0.1, -0.05) is 17.7 Å². The first-order valence-corrected chi connectivity index (χ1v) is 9.31.